The second kappa shape index (κ2) is 12.1. The molecule has 0 bridgehead atoms. The number of halogens is 1. The molecule has 4 N–H and O–H groups in total. The number of hydrogen-bond acceptors (Lipinski definition) is 5. The maximum Gasteiger partial charge on any atom is 0.323 e. The van der Waals surface area contributed by atoms with Crippen LogP contribution in [0.25, 0.3) is 11.1 Å². The number of aliphatic carboxylic acids is 1. The topological polar surface area (TPSA) is 137 Å². The fourth-order valence-electron chi connectivity index (χ4n) is 4.07. The van der Waals surface area contributed by atoms with Crippen LogP contribution in [0.15, 0.2) is 96.2 Å². The van der Waals surface area contributed by atoms with Gasteiger partial charge >= 0.3 is 12.0 Å². The van der Waals surface area contributed by atoms with E-state index in [2.05, 4.69) is 20.3 Å². The number of nitrogens with zero attached hydrogens (tertiary/aromatic N) is 1. The van der Waals surface area contributed by atoms with Crippen molar-refractivity contribution >= 4 is 45.0 Å². The zero-order valence-corrected chi connectivity index (χ0v) is 22.3. The van der Waals surface area contributed by atoms with Gasteiger partial charge in [0.1, 0.15) is 10.9 Å². The molecule has 200 valence electrons. The molecule has 0 radical (unpaired) electrons. The SMILES string of the molecule is Cc1c(-c2ccccc2)ccc(CC(NS(=O)(=O)c2ccccc2Cl)C(=O)O)c1NC(=O)Nc1ccncc1. The summed E-state index contributed by atoms with van der Waals surface area (Å²) >= 11 is 6.05. The molecule has 0 spiro atoms. The molecule has 1 heterocycles. The summed E-state index contributed by atoms with van der Waals surface area (Å²) < 4.78 is 28.2. The third kappa shape index (κ3) is 6.80. The van der Waals surface area contributed by atoms with Gasteiger partial charge in [-0.15, -0.1) is 0 Å². The van der Waals surface area contributed by atoms with Crippen LogP contribution < -0.4 is 15.4 Å². The number of carboxylic acid groups (broad SMARTS) is 1. The molecule has 0 aliphatic carbocycles. The van der Waals surface area contributed by atoms with Gasteiger partial charge in [0, 0.05) is 30.2 Å². The molecule has 9 nitrogen and oxygen atoms in total. The minimum Gasteiger partial charge on any atom is -0.480 e. The summed E-state index contributed by atoms with van der Waals surface area (Å²) in [6.45, 7) is 1.80. The van der Waals surface area contributed by atoms with E-state index in [4.69, 9.17) is 11.6 Å². The highest BCUT2D eigenvalue weighted by molar-refractivity contribution is 7.89. The highest BCUT2D eigenvalue weighted by atomic mass is 35.5. The Hall–Kier alpha value is -4.25. The van der Waals surface area contributed by atoms with Crippen LogP contribution in [0.3, 0.4) is 0 Å². The first kappa shape index (κ1) is 27.8. The van der Waals surface area contributed by atoms with E-state index in [0.717, 1.165) is 11.1 Å². The maximum atomic E-state index is 13.0. The van der Waals surface area contributed by atoms with Gasteiger partial charge in [0.25, 0.3) is 0 Å². The van der Waals surface area contributed by atoms with Crippen molar-refractivity contribution < 1.29 is 23.1 Å². The average molecular weight is 565 g/mol. The fraction of sp³-hybridized carbons (Fsp3) is 0.107. The van der Waals surface area contributed by atoms with Crippen LogP contribution in [0.2, 0.25) is 5.02 Å². The lowest BCUT2D eigenvalue weighted by atomic mass is 9.93. The van der Waals surface area contributed by atoms with Gasteiger partial charge in [0.15, 0.2) is 0 Å². The Labute approximate surface area is 230 Å². The highest BCUT2D eigenvalue weighted by Gasteiger charge is 2.28. The van der Waals surface area contributed by atoms with Crippen molar-refractivity contribution in [1.82, 2.24) is 9.71 Å². The Morgan fingerprint density at radius 2 is 1.59 bits per heavy atom. The Balaban J connectivity index is 1.70. The first-order chi connectivity index (χ1) is 18.7. The summed E-state index contributed by atoms with van der Waals surface area (Å²) in [5, 5.41) is 15.4. The van der Waals surface area contributed by atoms with Crippen molar-refractivity contribution in [2.75, 3.05) is 10.6 Å². The normalized spacial score (nSPS) is 11.9. The van der Waals surface area contributed by atoms with E-state index < -0.39 is 28.1 Å². The summed E-state index contributed by atoms with van der Waals surface area (Å²) in [7, 11) is -4.26. The molecule has 0 saturated carbocycles. The van der Waals surface area contributed by atoms with E-state index >= 15 is 0 Å². The lowest BCUT2D eigenvalue weighted by Crippen LogP contribution is -2.42. The molecule has 2 amide bonds. The van der Waals surface area contributed by atoms with E-state index in [1.165, 1.54) is 30.6 Å². The fourth-order valence-corrected chi connectivity index (χ4v) is 5.77. The molecule has 0 saturated heterocycles. The third-order valence-electron chi connectivity index (χ3n) is 5.96. The first-order valence-corrected chi connectivity index (χ1v) is 13.7. The number of amides is 2. The molecule has 1 unspecified atom stereocenters. The van der Waals surface area contributed by atoms with E-state index in [1.807, 2.05) is 36.4 Å². The van der Waals surface area contributed by atoms with Crippen LogP contribution in [0.5, 0.6) is 0 Å². The lowest BCUT2D eigenvalue weighted by Gasteiger charge is -2.21. The summed E-state index contributed by atoms with van der Waals surface area (Å²) in [6, 6.07) is 19.9. The van der Waals surface area contributed by atoms with Crippen LogP contribution in [0, 0.1) is 6.92 Å². The van der Waals surface area contributed by atoms with Crippen molar-refractivity contribution in [2.45, 2.75) is 24.3 Å². The number of pyridine rings is 1. The zero-order valence-electron chi connectivity index (χ0n) is 20.8. The van der Waals surface area contributed by atoms with Gasteiger partial charge in [-0.2, -0.15) is 4.72 Å². The second-order valence-electron chi connectivity index (χ2n) is 8.60. The van der Waals surface area contributed by atoms with Gasteiger partial charge in [-0.1, -0.05) is 66.2 Å². The number of rotatable bonds is 9. The van der Waals surface area contributed by atoms with Crippen molar-refractivity contribution in [3.05, 3.63) is 107 Å². The molecule has 1 aromatic heterocycles. The van der Waals surface area contributed by atoms with Crippen molar-refractivity contribution in [2.24, 2.45) is 0 Å². The first-order valence-electron chi connectivity index (χ1n) is 11.8. The molecular formula is C28H25ClN4O5S. The zero-order chi connectivity index (χ0) is 28.0. The van der Waals surface area contributed by atoms with E-state index in [-0.39, 0.29) is 16.3 Å². The second-order valence-corrected chi connectivity index (χ2v) is 10.7. The molecule has 4 rings (SSSR count). The third-order valence-corrected chi connectivity index (χ3v) is 7.93. The van der Waals surface area contributed by atoms with E-state index in [9.17, 15) is 23.1 Å². The molecule has 4 aromatic rings. The molecule has 3 aromatic carbocycles. The average Bonchev–Trinajstić information content (AvgIpc) is 2.91. The van der Waals surface area contributed by atoms with E-state index in [0.29, 0.717) is 22.5 Å². The number of sulfonamides is 1. The van der Waals surface area contributed by atoms with Gasteiger partial charge in [0.2, 0.25) is 10.0 Å². The van der Waals surface area contributed by atoms with Gasteiger partial charge in [0.05, 0.1) is 5.02 Å². The largest absolute Gasteiger partial charge is 0.480 e. The molecule has 1 atom stereocenters. The molecular weight excluding hydrogens is 540 g/mol. The summed E-state index contributed by atoms with van der Waals surface area (Å²) in [5.41, 5.74) is 3.70. The van der Waals surface area contributed by atoms with Crippen LogP contribution >= 0.6 is 11.6 Å². The minimum absolute atomic E-state index is 0.0349. The van der Waals surface area contributed by atoms with E-state index in [1.54, 1.807) is 31.2 Å². The number of aromatic nitrogens is 1. The van der Waals surface area contributed by atoms with Gasteiger partial charge in [-0.3, -0.25) is 9.78 Å². The van der Waals surface area contributed by atoms with Crippen LogP contribution in [-0.4, -0.2) is 36.6 Å². The summed E-state index contributed by atoms with van der Waals surface area (Å²) in [6.07, 6.45) is 2.82. The Bertz CT molecular complexity index is 1600. The number of carbonyl (C=O) groups is 2. The number of benzene rings is 3. The molecule has 0 aliphatic rings. The van der Waals surface area contributed by atoms with Crippen molar-refractivity contribution in [3.8, 4) is 11.1 Å². The lowest BCUT2D eigenvalue weighted by molar-refractivity contribution is -0.138. The Morgan fingerprint density at radius 3 is 2.26 bits per heavy atom. The van der Waals surface area contributed by atoms with Gasteiger partial charge in [-0.05, 0) is 53.4 Å². The Morgan fingerprint density at radius 1 is 0.923 bits per heavy atom. The molecule has 0 aliphatic heterocycles. The maximum absolute atomic E-state index is 13.0. The number of anilines is 2. The monoisotopic (exact) mass is 564 g/mol. The highest BCUT2D eigenvalue weighted by Crippen LogP contribution is 2.33. The number of carboxylic acids is 1. The van der Waals surface area contributed by atoms with Crippen LogP contribution in [0.1, 0.15) is 11.1 Å². The Kier molecular flexibility index (Phi) is 8.60. The number of carbonyl (C=O) groups excluding carboxylic acids is 1. The standard InChI is InChI=1S/C28H25ClN4O5S/c1-18-22(19-7-3-2-4-8-19)12-11-20(26(18)32-28(36)31-21-13-15-30-16-14-21)17-24(27(34)35)33-39(37,38)25-10-6-5-9-23(25)29/h2-16,24,33H,17H2,1H3,(H,34,35)(H2,30,31,32,36). The molecule has 39 heavy (non-hydrogen) atoms. The summed E-state index contributed by atoms with van der Waals surface area (Å²) in [4.78, 5) is 28.8. The quantitative estimate of drug-likeness (QED) is 0.217. The molecule has 0 fully saturated rings. The molecule has 11 heteroatoms. The minimum atomic E-state index is -4.26. The predicted molar refractivity (Wildman–Crippen MR) is 150 cm³/mol. The summed E-state index contributed by atoms with van der Waals surface area (Å²) in [5.74, 6) is -1.39. The van der Waals surface area contributed by atoms with Crippen LogP contribution in [0.4, 0.5) is 16.2 Å². The van der Waals surface area contributed by atoms with Crippen molar-refractivity contribution in [1.29, 1.82) is 0 Å². The number of hydrogen-bond donors (Lipinski definition) is 4. The number of urea groups is 1. The predicted octanol–water partition coefficient (Wildman–Crippen LogP) is 5.33. The smallest absolute Gasteiger partial charge is 0.323 e. The van der Waals surface area contributed by atoms with Gasteiger partial charge in [-0.25, -0.2) is 13.2 Å². The van der Waals surface area contributed by atoms with Crippen molar-refractivity contribution in [3.63, 3.8) is 0 Å². The number of nitrogens with one attached hydrogen (secondary N) is 3. The van der Waals surface area contributed by atoms with Crippen LogP contribution in [-0.2, 0) is 21.2 Å². The van der Waals surface area contributed by atoms with Gasteiger partial charge < -0.3 is 15.7 Å².